The third-order valence-electron chi connectivity index (χ3n) is 3.79. The summed E-state index contributed by atoms with van der Waals surface area (Å²) in [4.78, 5) is 12.0. The number of benzene rings is 2. The molecule has 2 aromatic carbocycles. The van der Waals surface area contributed by atoms with Gasteiger partial charge in [-0.3, -0.25) is 4.79 Å². The van der Waals surface area contributed by atoms with Crippen molar-refractivity contribution >= 4 is 5.97 Å². The molecule has 2 unspecified atom stereocenters. The minimum absolute atomic E-state index is 0.00566. The molecular weight excluding hydrogens is 248 g/mol. The van der Waals surface area contributed by atoms with Crippen molar-refractivity contribution in [1.82, 2.24) is 0 Å². The van der Waals surface area contributed by atoms with E-state index in [1.807, 2.05) is 36.4 Å². The first kappa shape index (κ1) is 12.9. The van der Waals surface area contributed by atoms with E-state index in [4.69, 9.17) is 4.74 Å². The van der Waals surface area contributed by atoms with Crippen molar-refractivity contribution in [1.29, 1.82) is 0 Å². The summed E-state index contributed by atoms with van der Waals surface area (Å²) in [6.45, 7) is 0. The van der Waals surface area contributed by atoms with Crippen molar-refractivity contribution in [2.75, 3.05) is 0 Å². The SMILES string of the molecule is O=C1OC(Cc2ccccc2)CC1Cc1ccccc1. The van der Waals surface area contributed by atoms with Gasteiger partial charge in [-0.2, -0.15) is 0 Å². The number of cyclic esters (lactones) is 1. The number of esters is 1. The normalized spacial score (nSPS) is 21.7. The zero-order valence-electron chi connectivity index (χ0n) is 11.4. The van der Waals surface area contributed by atoms with Gasteiger partial charge < -0.3 is 4.74 Å². The second-order valence-corrected chi connectivity index (χ2v) is 5.37. The van der Waals surface area contributed by atoms with Gasteiger partial charge in [-0.1, -0.05) is 60.7 Å². The standard InChI is InChI=1S/C18H18O2/c19-18-16(11-14-7-3-1-4-8-14)13-17(20-18)12-15-9-5-2-6-10-15/h1-10,16-17H,11-13H2. The second kappa shape index (κ2) is 5.91. The van der Waals surface area contributed by atoms with E-state index in [2.05, 4.69) is 24.3 Å². The molecule has 2 aromatic rings. The highest BCUT2D eigenvalue weighted by Gasteiger charge is 2.34. The lowest BCUT2D eigenvalue weighted by Crippen LogP contribution is -2.10. The van der Waals surface area contributed by atoms with E-state index in [9.17, 15) is 4.79 Å². The lowest BCUT2D eigenvalue weighted by molar-refractivity contribution is -0.144. The van der Waals surface area contributed by atoms with Gasteiger partial charge in [0.1, 0.15) is 6.10 Å². The van der Waals surface area contributed by atoms with Crippen molar-refractivity contribution in [2.45, 2.75) is 25.4 Å². The minimum Gasteiger partial charge on any atom is -0.462 e. The molecule has 1 aliphatic heterocycles. The first-order chi connectivity index (χ1) is 9.81. The zero-order valence-corrected chi connectivity index (χ0v) is 11.4. The van der Waals surface area contributed by atoms with Gasteiger partial charge in [-0.15, -0.1) is 0 Å². The van der Waals surface area contributed by atoms with Gasteiger partial charge >= 0.3 is 5.97 Å². The summed E-state index contributed by atoms with van der Waals surface area (Å²) < 4.78 is 5.51. The number of hydrogen-bond donors (Lipinski definition) is 0. The van der Waals surface area contributed by atoms with Crippen molar-refractivity contribution in [2.24, 2.45) is 5.92 Å². The van der Waals surface area contributed by atoms with Crippen molar-refractivity contribution in [3.8, 4) is 0 Å². The van der Waals surface area contributed by atoms with Crippen LogP contribution in [-0.4, -0.2) is 12.1 Å². The molecular formula is C18H18O2. The van der Waals surface area contributed by atoms with Crippen LogP contribution in [0.5, 0.6) is 0 Å². The molecule has 0 saturated carbocycles. The Morgan fingerprint density at radius 1 is 0.850 bits per heavy atom. The molecule has 1 fully saturated rings. The largest absolute Gasteiger partial charge is 0.462 e. The Morgan fingerprint density at radius 3 is 2.00 bits per heavy atom. The van der Waals surface area contributed by atoms with Crippen LogP contribution in [-0.2, 0) is 22.4 Å². The predicted molar refractivity (Wildman–Crippen MR) is 78.3 cm³/mol. The molecule has 1 aliphatic rings. The average molecular weight is 266 g/mol. The van der Waals surface area contributed by atoms with Gasteiger partial charge in [-0.25, -0.2) is 0 Å². The topological polar surface area (TPSA) is 26.3 Å². The maximum atomic E-state index is 12.0. The second-order valence-electron chi connectivity index (χ2n) is 5.37. The molecule has 2 atom stereocenters. The van der Waals surface area contributed by atoms with Crippen LogP contribution in [0, 0.1) is 5.92 Å². The van der Waals surface area contributed by atoms with Gasteiger partial charge in [0.05, 0.1) is 5.92 Å². The number of carbonyl (C=O) groups excluding carboxylic acids is 1. The molecule has 0 spiro atoms. The molecule has 0 N–H and O–H groups in total. The molecule has 0 radical (unpaired) electrons. The molecule has 3 rings (SSSR count). The van der Waals surface area contributed by atoms with Gasteiger partial charge in [-0.05, 0) is 24.0 Å². The summed E-state index contributed by atoms with van der Waals surface area (Å²) in [5, 5.41) is 0. The fraction of sp³-hybridized carbons (Fsp3) is 0.278. The Bertz CT molecular complexity index is 562. The number of hydrogen-bond acceptors (Lipinski definition) is 2. The molecule has 2 heteroatoms. The summed E-state index contributed by atoms with van der Waals surface area (Å²) in [5.74, 6) is -0.0408. The Labute approximate surface area is 119 Å². The zero-order chi connectivity index (χ0) is 13.8. The summed E-state index contributed by atoms with van der Waals surface area (Å²) in [6.07, 6.45) is 2.45. The highest BCUT2D eigenvalue weighted by atomic mass is 16.5. The van der Waals surface area contributed by atoms with Crippen molar-refractivity contribution in [3.05, 3.63) is 71.8 Å². The fourth-order valence-electron chi connectivity index (χ4n) is 2.79. The summed E-state index contributed by atoms with van der Waals surface area (Å²) in [7, 11) is 0. The van der Waals surface area contributed by atoms with Crippen LogP contribution in [0.3, 0.4) is 0 Å². The molecule has 20 heavy (non-hydrogen) atoms. The molecule has 2 nitrogen and oxygen atoms in total. The van der Waals surface area contributed by atoms with E-state index >= 15 is 0 Å². The van der Waals surface area contributed by atoms with E-state index in [-0.39, 0.29) is 18.0 Å². The Balaban J connectivity index is 1.61. The first-order valence-electron chi connectivity index (χ1n) is 7.09. The molecule has 0 aliphatic carbocycles. The van der Waals surface area contributed by atoms with E-state index < -0.39 is 0 Å². The van der Waals surface area contributed by atoms with Gasteiger partial charge in [0.15, 0.2) is 0 Å². The lowest BCUT2D eigenvalue weighted by atomic mass is 9.94. The van der Waals surface area contributed by atoms with Crippen LogP contribution in [0.15, 0.2) is 60.7 Å². The van der Waals surface area contributed by atoms with E-state index in [0.29, 0.717) is 0 Å². The Morgan fingerprint density at radius 2 is 1.40 bits per heavy atom. The third kappa shape index (κ3) is 3.08. The fourth-order valence-corrected chi connectivity index (χ4v) is 2.79. The molecule has 1 saturated heterocycles. The van der Waals surface area contributed by atoms with Crippen molar-refractivity contribution < 1.29 is 9.53 Å². The summed E-state index contributed by atoms with van der Waals surface area (Å²) in [5.41, 5.74) is 2.43. The van der Waals surface area contributed by atoms with Gasteiger partial charge in [0.2, 0.25) is 0 Å². The van der Waals surface area contributed by atoms with Crippen LogP contribution in [0.4, 0.5) is 0 Å². The van der Waals surface area contributed by atoms with Crippen LogP contribution in [0.1, 0.15) is 17.5 Å². The lowest BCUT2D eigenvalue weighted by Gasteiger charge is -2.08. The molecule has 0 amide bonds. The number of ether oxygens (including phenoxy) is 1. The maximum Gasteiger partial charge on any atom is 0.309 e. The highest BCUT2D eigenvalue weighted by molar-refractivity contribution is 5.75. The van der Waals surface area contributed by atoms with E-state index in [0.717, 1.165) is 19.3 Å². The van der Waals surface area contributed by atoms with E-state index in [1.165, 1.54) is 11.1 Å². The number of rotatable bonds is 4. The smallest absolute Gasteiger partial charge is 0.309 e. The quantitative estimate of drug-likeness (QED) is 0.793. The molecule has 0 aromatic heterocycles. The molecule has 0 bridgehead atoms. The minimum atomic E-state index is -0.0465. The third-order valence-corrected chi connectivity index (χ3v) is 3.79. The maximum absolute atomic E-state index is 12.0. The van der Waals surface area contributed by atoms with Gasteiger partial charge in [0, 0.05) is 6.42 Å². The van der Waals surface area contributed by atoms with E-state index in [1.54, 1.807) is 0 Å². The van der Waals surface area contributed by atoms with Crippen LogP contribution >= 0.6 is 0 Å². The molecule has 1 heterocycles. The first-order valence-corrected chi connectivity index (χ1v) is 7.09. The highest BCUT2D eigenvalue weighted by Crippen LogP contribution is 2.27. The van der Waals surface area contributed by atoms with Gasteiger partial charge in [0.25, 0.3) is 0 Å². The van der Waals surface area contributed by atoms with Crippen molar-refractivity contribution in [3.63, 3.8) is 0 Å². The van der Waals surface area contributed by atoms with Crippen LogP contribution < -0.4 is 0 Å². The summed E-state index contributed by atoms with van der Waals surface area (Å²) in [6, 6.07) is 20.4. The molecule has 102 valence electrons. The number of carbonyl (C=O) groups is 1. The van der Waals surface area contributed by atoms with Crippen LogP contribution in [0.25, 0.3) is 0 Å². The predicted octanol–water partition coefficient (Wildman–Crippen LogP) is 3.40. The average Bonchev–Trinajstić information content (AvgIpc) is 2.81. The van der Waals surface area contributed by atoms with Crippen LogP contribution in [0.2, 0.25) is 0 Å². The summed E-state index contributed by atoms with van der Waals surface area (Å²) >= 11 is 0. The Kier molecular flexibility index (Phi) is 3.82. The Hall–Kier alpha value is -2.09. The monoisotopic (exact) mass is 266 g/mol.